The van der Waals surface area contributed by atoms with Gasteiger partial charge in [0.15, 0.2) is 17.3 Å². The van der Waals surface area contributed by atoms with Crippen molar-refractivity contribution in [1.82, 2.24) is 25.1 Å². The SMILES string of the molecule is CC1CCC(c2nnnn2-c2ccc3c(c2)OCO3)(N(C)C)CC1. The summed E-state index contributed by atoms with van der Waals surface area (Å²) >= 11 is 0. The number of hydrogen-bond donors (Lipinski definition) is 0. The summed E-state index contributed by atoms with van der Waals surface area (Å²) in [7, 11) is 4.24. The van der Waals surface area contributed by atoms with E-state index in [1.54, 1.807) is 0 Å². The molecule has 128 valence electrons. The number of rotatable bonds is 3. The molecular formula is C17H23N5O2. The van der Waals surface area contributed by atoms with E-state index in [4.69, 9.17) is 9.47 Å². The second kappa shape index (κ2) is 5.73. The van der Waals surface area contributed by atoms with Gasteiger partial charge in [0, 0.05) is 6.07 Å². The van der Waals surface area contributed by atoms with Crippen LogP contribution in [0.2, 0.25) is 0 Å². The van der Waals surface area contributed by atoms with E-state index in [-0.39, 0.29) is 12.3 Å². The van der Waals surface area contributed by atoms with Crippen LogP contribution in [-0.2, 0) is 5.54 Å². The van der Waals surface area contributed by atoms with Gasteiger partial charge >= 0.3 is 0 Å². The maximum atomic E-state index is 5.49. The van der Waals surface area contributed by atoms with Crippen molar-refractivity contribution >= 4 is 0 Å². The molecule has 2 aromatic rings. The molecule has 0 amide bonds. The average molecular weight is 329 g/mol. The van der Waals surface area contributed by atoms with Crippen LogP contribution in [0.4, 0.5) is 0 Å². The lowest BCUT2D eigenvalue weighted by Crippen LogP contribution is -2.46. The van der Waals surface area contributed by atoms with Gasteiger partial charge in [0.1, 0.15) is 0 Å². The molecule has 2 aliphatic rings. The van der Waals surface area contributed by atoms with E-state index in [2.05, 4.69) is 41.4 Å². The number of ether oxygens (including phenoxy) is 2. The van der Waals surface area contributed by atoms with Crippen molar-refractivity contribution in [1.29, 1.82) is 0 Å². The predicted octanol–water partition coefficient (Wildman–Crippen LogP) is 2.36. The van der Waals surface area contributed by atoms with Gasteiger partial charge in [-0.25, -0.2) is 0 Å². The average Bonchev–Trinajstić information content (AvgIpc) is 3.24. The molecule has 24 heavy (non-hydrogen) atoms. The standard InChI is InChI=1S/C17H23N5O2/c1-12-6-8-17(9-7-12,21(2)3)16-18-19-20-22(16)13-4-5-14-15(10-13)24-11-23-14/h4-5,10,12H,6-9,11H2,1-3H3. The molecule has 1 aromatic carbocycles. The van der Waals surface area contributed by atoms with Crippen molar-refractivity contribution in [2.75, 3.05) is 20.9 Å². The molecule has 1 aromatic heterocycles. The topological polar surface area (TPSA) is 65.3 Å². The lowest BCUT2D eigenvalue weighted by molar-refractivity contribution is 0.0698. The van der Waals surface area contributed by atoms with Crippen LogP contribution >= 0.6 is 0 Å². The molecule has 0 radical (unpaired) electrons. The zero-order chi connectivity index (χ0) is 16.7. The zero-order valence-corrected chi connectivity index (χ0v) is 14.4. The van der Waals surface area contributed by atoms with Crippen LogP contribution in [0.5, 0.6) is 11.5 Å². The Balaban J connectivity index is 1.76. The van der Waals surface area contributed by atoms with Crippen LogP contribution in [0.15, 0.2) is 18.2 Å². The van der Waals surface area contributed by atoms with Crippen LogP contribution in [0.1, 0.15) is 38.4 Å². The van der Waals surface area contributed by atoms with Gasteiger partial charge in [0.25, 0.3) is 0 Å². The highest BCUT2D eigenvalue weighted by Gasteiger charge is 2.42. The van der Waals surface area contributed by atoms with Gasteiger partial charge in [-0.3, -0.25) is 4.90 Å². The monoisotopic (exact) mass is 329 g/mol. The van der Waals surface area contributed by atoms with Crippen molar-refractivity contribution in [3.63, 3.8) is 0 Å². The van der Waals surface area contributed by atoms with Crippen molar-refractivity contribution in [2.45, 2.75) is 38.1 Å². The third-order valence-electron chi connectivity index (χ3n) is 5.44. The summed E-state index contributed by atoms with van der Waals surface area (Å²) in [6, 6.07) is 5.83. The van der Waals surface area contributed by atoms with E-state index < -0.39 is 0 Å². The summed E-state index contributed by atoms with van der Waals surface area (Å²) in [5.74, 6) is 3.17. The van der Waals surface area contributed by atoms with Crippen molar-refractivity contribution in [3.05, 3.63) is 24.0 Å². The molecule has 1 aliphatic carbocycles. The lowest BCUT2D eigenvalue weighted by atomic mass is 9.75. The maximum Gasteiger partial charge on any atom is 0.231 e. The molecule has 0 spiro atoms. The highest BCUT2D eigenvalue weighted by Crippen LogP contribution is 2.43. The summed E-state index contributed by atoms with van der Waals surface area (Å²) in [6.07, 6.45) is 4.50. The Labute approximate surface area is 141 Å². The summed E-state index contributed by atoms with van der Waals surface area (Å²) in [4.78, 5) is 2.27. The number of nitrogens with zero attached hydrogens (tertiary/aromatic N) is 5. The Morgan fingerprint density at radius 2 is 1.92 bits per heavy atom. The van der Waals surface area contributed by atoms with Crippen molar-refractivity contribution in [2.24, 2.45) is 5.92 Å². The van der Waals surface area contributed by atoms with Gasteiger partial charge in [-0.2, -0.15) is 4.68 Å². The molecule has 0 unspecified atom stereocenters. The molecule has 1 saturated carbocycles. The van der Waals surface area contributed by atoms with E-state index in [9.17, 15) is 0 Å². The molecular weight excluding hydrogens is 306 g/mol. The molecule has 0 bridgehead atoms. The molecule has 7 heteroatoms. The zero-order valence-electron chi connectivity index (χ0n) is 14.4. The highest BCUT2D eigenvalue weighted by molar-refractivity contribution is 5.50. The smallest absolute Gasteiger partial charge is 0.231 e. The third-order valence-corrected chi connectivity index (χ3v) is 5.44. The first-order valence-corrected chi connectivity index (χ1v) is 8.46. The van der Waals surface area contributed by atoms with Gasteiger partial charge in [-0.1, -0.05) is 6.92 Å². The largest absolute Gasteiger partial charge is 0.454 e. The maximum absolute atomic E-state index is 5.49. The molecule has 2 heterocycles. The number of aromatic nitrogens is 4. The number of fused-ring (bicyclic) bond motifs is 1. The van der Waals surface area contributed by atoms with Crippen LogP contribution < -0.4 is 9.47 Å². The third kappa shape index (κ3) is 2.34. The summed E-state index contributed by atoms with van der Waals surface area (Å²) in [5, 5.41) is 12.7. The number of tetrazole rings is 1. The predicted molar refractivity (Wildman–Crippen MR) is 88.3 cm³/mol. The molecule has 1 fully saturated rings. The van der Waals surface area contributed by atoms with Gasteiger partial charge < -0.3 is 9.47 Å². The Bertz CT molecular complexity index is 734. The summed E-state index contributed by atoms with van der Waals surface area (Å²) < 4.78 is 12.7. The van der Waals surface area contributed by atoms with Crippen molar-refractivity contribution < 1.29 is 9.47 Å². The van der Waals surface area contributed by atoms with Crippen LogP contribution in [-0.4, -0.2) is 46.0 Å². The van der Waals surface area contributed by atoms with Gasteiger partial charge in [0.05, 0.1) is 11.2 Å². The normalized spacial score (nSPS) is 26.1. The number of benzene rings is 1. The molecule has 4 rings (SSSR count). The first-order chi connectivity index (χ1) is 11.6. The van der Waals surface area contributed by atoms with Gasteiger partial charge in [-0.05, 0) is 68.3 Å². The summed E-state index contributed by atoms with van der Waals surface area (Å²) in [6.45, 7) is 2.58. The fraction of sp³-hybridized carbons (Fsp3) is 0.588. The van der Waals surface area contributed by atoms with Crippen LogP contribution in [0, 0.1) is 5.92 Å². The Hall–Kier alpha value is -2.15. The Morgan fingerprint density at radius 3 is 2.67 bits per heavy atom. The Kier molecular flexibility index (Phi) is 3.68. The van der Waals surface area contributed by atoms with Gasteiger partial charge in [0.2, 0.25) is 6.79 Å². The Morgan fingerprint density at radius 1 is 1.17 bits per heavy atom. The van der Waals surface area contributed by atoms with E-state index >= 15 is 0 Å². The minimum Gasteiger partial charge on any atom is -0.454 e. The quantitative estimate of drug-likeness (QED) is 0.861. The molecule has 0 saturated heterocycles. The minimum atomic E-state index is -0.133. The first kappa shape index (κ1) is 15.4. The lowest BCUT2D eigenvalue weighted by Gasteiger charge is -2.43. The first-order valence-electron chi connectivity index (χ1n) is 8.46. The van der Waals surface area contributed by atoms with Crippen molar-refractivity contribution in [3.8, 4) is 17.2 Å². The van der Waals surface area contributed by atoms with Gasteiger partial charge in [-0.15, -0.1) is 5.10 Å². The number of hydrogen-bond acceptors (Lipinski definition) is 6. The van der Waals surface area contributed by atoms with E-state index in [0.29, 0.717) is 0 Å². The summed E-state index contributed by atoms with van der Waals surface area (Å²) in [5.41, 5.74) is 0.769. The van der Waals surface area contributed by atoms with E-state index in [1.165, 1.54) is 12.8 Å². The second-order valence-electron chi connectivity index (χ2n) is 7.06. The minimum absolute atomic E-state index is 0.133. The molecule has 7 nitrogen and oxygen atoms in total. The van der Waals surface area contributed by atoms with Crippen LogP contribution in [0.3, 0.4) is 0 Å². The van der Waals surface area contributed by atoms with E-state index in [1.807, 2.05) is 22.9 Å². The molecule has 0 N–H and O–H groups in total. The highest BCUT2D eigenvalue weighted by atomic mass is 16.7. The second-order valence-corrected chi connectivity index (χ2v) is 7.06. The molecule has 1 aliphatic heterocycles. The fourth-order valence-electron chi connectivity index (χ4n) is 3.78. The fourth-order valence-corrected chi connectivity index (χ4v) is 3.78. The molecule has 0 atom stereocenters. The van der Waals surface area contributed by atoms with E-state index in [0.717, 1.165) is 41.8 Å². The van der Waals surface area contributed by atoms with Crippen LogP contribution in [0.25, 0.3) is 5.69 Å².